The minimum Gasteiger partial charge on any atom is -0.379 e. The number of thiazole rings is 1. The Labute approximate surface area is 156 Å². The molecule has 7 heteroatoms. The maximum atomic E-state index is 5.41. The summed E-state index contributed by atoms with van der Waals surface area (Å²) in [5.74, 6) is 1.91. The summed E-state index contributed by atoms with van der Waals surface area (Å²) in [6.07, 6.45) is 0. The van der Waals surface area contributed by atoms with E-state index in [1.54, 1.807) is 11.3 Å². The van der Waals surface area contributed by atoms with Gasteiger partial charge in [-0.2, -0.15) is 0 Å². The first-order chi connectivity index (χ1) is 12.1. The lowest BCUT2D eigenvalue weighted by atomic mass is 10.1. The van der Waals surface area contributed by atoms with Gasteiger partial charge in [-0.1, -0.05) is 20.8 Å². The molecule has 0 amide bonds. The average Bonchev–Trinajstić information content (AvgIpc) is 3.07. The van der Waals surface area contributed by atoms with Crippen LogP contribution in [-0.4, -0.2) is 61.8 Å². The zero-order valence-corrected chi connectivity index (χ0v) is 16.9. The Hall–Kier alpha value is -1.18. The first kappa shape index (κ1) is 20.1. The van der Waals surface area contributed by atoms with E-state index in [4.69, 9.17) is 4.74 Å². The molecular weight excluding hydrogens is 334 g/mol. The van der Waals surface area contributed by atoms with Gasteiger partial charge in [0.05, 0.1) is 25.5 Å². The fourth-order valence-corrected chi connectivity index (χ4v) is 3.59. The zero-order valence-electron chi connectivity index (χ0n) is 16.0. The van der Waals surface area contributed by atoms with Crippen molar-refractivity contribution in [3.05, 3.63) is 16.1 Å². The number of ether oxygens (including phenoxy) is 1. The van der Waals surface area contributed by atoms with Gasteiger partial charge in [-0.15, -0.1) is 11.3 Å². The molecule has 142 valence electrons. The van der Waals surface area contributed by atoms with Gasteiger partial charge >= 0.3 is 0 Å². The maximum absolute atomic E-state index is 5.41. The Morgan fingerprint density at radius 1 is 1.32 bits per heavy atom. The molecule has 2 N–H and O–H groups in total. The van der Waals surface area contributed by atoms with Crippen LogP contribution >= 0.6 is 11.3 Å². The molecule has 2 heterocycles. The van der Waals surface area contributed by atoms with E-state index in [0.717, 1.165) is 62.6 Å². The molecule has 0 aromatic carbocycles. The third kappa shape index (κ3) is 7.30. The van der Waals surface area contributed by atoms with Crippen molar-refractivity contribution in [3.63, 3.8) is 0 Å². The molecule has 1 aliphatic rings. The zero-order chi connectivity index (χ0) is 18.1. The highest BCUT2D eigenvalue weighted by atomic mass is 32.1. The molecular formula is C18H33N5OS. The molecule has 0 spiro atoms. The molecule has 1 aliphatic heterocycles. The van der Waals surface area contributed by atoms with Crippen molar-refractivity contribution < 1.29 is 4.74 Å². The second kappa shape index (κ2) is 10.7. The van der Waals surface area contributed by atoms with Crippen LogP contribution in [0.1, 0.15) is 44.3 Å². The van der Waals surface area contributed by atoms with E-state index < -0.39 is 0 Å². The van der Waals surface area contributed by atoms with Crippen molar-refractivity contribution in [2.75, 3.05) is 45.9 Å². The fourth-order valence-electron chi connectivity index (χ4n) is 2.71. The van der Waals surface area contributed by atoms with Gasteiger partial charge in [0.2, 0.25) is 0 Å². The predicted octanol–water partition coefficient (Wildman–Crippen LogP) is 2.29. The summed E-state index contributed by atoms with van der Waals surface area (Å²) < 4.78 is 5.41. The Morgan fingerprint density at radius 3 is 2.72 bits per heavy atom. The molecule has 0 bridgehead atoms. The molecule has 1 fully saturated rings. The molecule has 1 aromatic heterocycles. The Kier molecular flexibility index (Phi) is 8.64. The molecule has 1 saturated heterocycles. The van der Waals surface area contributed by atoms with E-state index in [1.807, 2.05) is 0 Å². The Morgan fingerprint density at radius 2 is 2.08 bits per heavy atom. The highest BCUT2D eigenvalue weighted by molar-refractivity contribution is 7.09. The first-order valence-electron chi connectivity index (χ1n) is 9.35. The van der Waals surface area contributed by atoms with Gasteiger partial charge in [0, 0.05) is 38.1 Å². The standard InChI is InChI=1S/C18H33N5OS/c1-5-19-18(21-11-17-22-16(13-25-17)14(2)3)20-10-15(4)12-23-6-8-24-9-7-23/h13-15H,5-12H2,1-4H3,(H2,19,20,21). The average molecular weight is 368 g/mol. The lowest BCUT2D eigenvalue weighted by Crippen LogP contribution is -2.44. The largest absolute Gasteiger partial charge is 0.379 e. The summed E-state index contributed by atoms with van der Waals surface area (Å²) in [4.78, 5) is 11.8. The number of aromatic nitrogens is 1. The van der Waals surface area contributed by atoms with Crippen molar-refractivity contribution in [1.82, 2.24) is 20.5 Å². The quantitative estimate of drug-likeness (QED) is 0.545. The molecule has 0 saturated carbocycles. The van der Waals surface area contributed by atoms with Crippen LogP contribution in [0.4, 0.5) is 0 Å². The van der Waals surface area contributed by atoms with Gasteiger partial charge in [-0.25, -0.2) is 9.98 Å². The van der Waals surface area contributed by atoms with Crippen LogP contribution in [-0.2, 0) is 11.3 Å². The molecule has 0 aliphatic carbocycles. The topological polar surface area (TPSA) is 61.8 Å². The third-order valence-electron chi connectivity index (χ3n) is 4.17. The van der Waals surface area contributed by atoms with Gasteiger partial charge in [0.25, 0.3) is 0 Å². The number of hydrogen-bond acceptors (Lipinski definition) is 5. The molecule has 6 nitrogen and oxygen atoms in total. The third-order valence-corrected chi connectivity index (χ3v) is 5.02. The van der Waals surface area contributed by atoms with Crippen molar-refractivity contribution in [3.8, 4) is 0 Å². The van der Waals surface area contributed by atoms with Gasteiger partial charge in [0.1, 0.15) is 5.01 Å². The van der Waals surface area contributed by atoms with Crippen molar-refractivity contribution in [2.45, 2.75) is 40.2 Å². The molecule has 2 rings (SSSR count). The number of hydrogen-bond donors (Lipinski definition) is 2. The minimum atomic E-state index is 0.473. The van der Waals surface area contributed by atoms with Crippen molar-refractivity contribution >= 4 is 17.3 Å². The number of guanidine groups is 1. The fraction of sp³-hybridized carbons (Fsp3) is 0.778. The normalized spacial score (nSPS) is 17.7. The van der Waals surface area contributed by atoms with Crippen LogP contribution in [0, 0.1) is 5.92 Å². The summed E-state index contributed by atoms with van der Waals surface area (Å²) in [5.41, 5.74) is 1.16. The van der Waals surface area contributed by atoms with Gasteiger partial charge in [-0.05, 0) is 18.8 Å². The maximum Gasteiger partial charge on any atom is 0.191 e. The lowest BCUT2D eigenvalue weighted by Gasteiger charge is -2.29. The monoisotopic (exact) mass is 367 g/mol. The number of aliphatic imine (C=N–C) groups is 1. The molecule has 25 heavy (non-hydrogen) atoms. The Bertz CT molecular complexity index is 525. The summed E-state index contributed by atoms with van der Waals surface area (Å²) in [6.45, 7) is 16.0. The van der Waals surface area contributed by atoms with E-state index in [0.29, 0.717) is 18.4 Å². The SMILES string of the molecule is CCNC(=NCc1nc(C(C)C)cs1)NCC(C)CN1CCOCC1. The van der Waals surface area contributed by atoms with Crippen LogP contribution < -0.4 is 10.6 Å². The van der Waals surface area contributed by atoms with E-state index in [-0.39, 0.29) is 0 Å². The van der Waals surface area contributed by atoms with Gasteiger partial charge < -0.3 is 15.4 Å². The molecule has 1 aromatic rings. The van der Waals surface area contributed by atoms with E-state index in [1.165, 1.54) is 0 Å². The number of morpholine rings is 1. The van der Waals surface area contributed by atoms with Crippen LogP contribution in [0.2, 0.25) is 0 Å². The van der Waals surface area contributed by atoms with E-state index in [2.05, 4.69) is 58.6 Å². The summed E-state index contributed by atoms with van der Waals surface area (Å²) in [7, 11) is 0. The Balaban J connectivity index is 1.79. The van der Waals surface area contributed by atoms with Crippen LogP contribution in [0.25, 0.3) is 0 Å². The second-order valence-electron chi connectivity index (χ2n) is 6.92. The summed E-state index contributed by atoms with van der Waals surface area (Å²) in [6, 6.07) is 0. The van der Waals surface area contributed by atoms with Crippen LogP contribution in [0.3, 0.4) is 0 Å². The minimum absolute atomic E-state index is 0.473. The smallest absolute Gasteiger partial charge is 0.191 e. The van der Waals surface area contributed by atoms with Crippen LogP contribution in [0.5, 0.6) is 0 Å². The van der Waals surface area contributed by atoms with Gasteiger partial charge in [-0.3, -0.25) is 4.90 Å². The first-order valence-corrected chi connectivity index (χ1v) is 10.2. The highest BCUT2D eigenvalue weighted by Gasteiger charge is 2.14. The second-order valence-corrected chi connectivity index (χ2v) is 7.86. The molecule has 1 unspecified atom stereocenters. The van der Waals surface area contributed by atoms with E-state index in [9.17, 15) is 0 Å². The highest BCUT2D eigenvalue weighted by Crippen LogP contribution is 2.18. The summed E-state index contributed by atoms with van der Waals surface area (Å²) >= 11 is 1.69. The number of nitrogens with one attached hydrogen (secondary N) is 2. The predicted molar refractivity (Wildman–Crippen MR) is 105 cm³/mol. The van der Waals surface area contributed by atoms with Crippen molar-refractivity contribution in [2.24, 2.45) is 10.9 Å². The molecule has 0 radical (unpaired) electrons. The summed E-state index contributed by atoms with van der Waals surface area (Å²) in [5, 5.41) is 10.0. The number of nitrogens with zero attached hydrogens (tertiary/aromatic N) is 3. The van der Waals surface area contributed by atoms with Gasteiger partial charge in [0.15, 0.2) is 5.96 Å². The number of rotatable bonds is 8. The molecule has 1 atom stereocenters. The van der Waals surface area contributed by atoms with Crippen molar-refractivity contribution in [1.29, 1.82) is 0 Å². The van der Waals surface area contributed by atoms with E-state index >= 15 is 0 Å². The van der Waals surface area contributed by atoms with Crippen LogP contribution in [0.15, 0.2) is 10.4 Å². The lowest BCUT2D eigenvalue weighted by molar-refractivity contribution is 0.0320.